The Morgan fingerprint density at radius 2 is 2.05 bits per heavy atom. The largest absolute Gasteiger partial charge is 0.375 e. The summed E-state index contributed by atoms with van der Waals surface area (Å²) in [6.07, 6.45) is 0. The summed E-state index contributed by atoms with van der Waals surface area (Å²) >= 11 is 5.67. The summed E-state index contributed by atoms with van der Waals surface area (Å²) in [5.41, 5.74) is 1.61. The normalized spacial score (nSPS) is 10.3. The molecule has 0 aliphatic rings. The number of halogens is 2. The molecular weight excluding hydrogens is 283 g/mol. The van der Waals surface area contributed by atoms with E-state index in [1.807, 2.05) is 6.92 Å². The van der Waals surface area contributed by atoms with Gasteiger partial charge < -0.3 is 5.32 Å². The van der Waals surface area contributed by atoms with Gasteiger partial charge in [0.1, 0.15) is 11.5 Å². The van der Waals surface area contributed by atoms with Gasteiger partial charge in [0, 0.05) is 23.2 Å². The summed E-state index contributed by atoms with van der Waals surface area (Å²) in [5.74, 6) is -0.444. The summed E-state index contributed by atoms with van der Waals surface area (Å²) in [7, 11) is 0. The first kappa shape index (κ1) is 14.3. The minimum Gasteiger partial charge on any atom is -0.375 e. The fourth-order valence-corrected chi connectivity index (χ4v) is 1.96. The highest BCUT2D eigenvalue weighted by Crippen LogP contribution is 2.26. The summed E-state index contributed by atoms with van der Waals surface area (Å²) in [5, 5.41) is 14.1. The third-order valence-electron chi connectivity index (χ3n) is 2.83. The molecule has 0 radical (unpaired) electrons. The number of hydrogen-bond donors (Lipinski definition) is 1. The number of hydrogen-bond acceptors (Lipinski definition) is 3. The van der Waals surface area contributed by atoms with Gasteiger partial charge in [0.2, 0.25) is 0 Å². The number of nitrogens with zero attached hydrogens (tertiary/aromatic N) is 1. The van der Waals surface area contributed by atoms with E-state index in [1.165, 1.54) is 12.1 Å². The summed E-state index contributed by atoms with van der Waals surface area (Å²) in [6.45, 7) is 1.98. The van der Waals surface area contributed by atoms with Gasteiger partial charge >= 0.3 is 0 Å². The second-order valence-corrected chi connectivity index (χ2v) is 4.80. The van der Waals surface area contributed by atoms with E-state index in [-0.39, 0.29) is 12.2 Å². The molecule has 0 saturated heterocycles. The van der Waals surface area contributed by atoms with E-state index in [0.29, 0.717) is 16.3 Å². The van der Waals surface area contributed by atoms with Crippen LogP contribution in [-0.2, 0) is 6.54 Å². The molecule has 0 bridgehead atoms. The molecule has 2 rings (SSSR count). The topological polar surface area (TPSA) is 55.2 Å². The van der Waals surface area contributed by atoms with E-state index in [0.717, 1.165) is 5.56 Å². The molecule has 0 spiro atoms. The molecule has 4 nitrogen and oxygen atoms in total. The van der Waals surface area contributed by atoms with Crippen molar-refractivity contribution in [2.24, 2.45) is 0 Å². The van der Waals surface area contributed by atoms with E-state index in [2.05, 4.69) is 5.32 Å². The molecule has 0 unspecified atom stereocenters. The molecule has 0 aliphatic carbocycles. The van der Waals surface area contributed by atoms with Crippen molar-refractivity contribution in [3.8, 4) is 0 Å². The number of nitro benzene ring substituents is 1. The van der Waals surface area contributed by atoms with Crippen LogP contribution in [0.25, 0.3) is 0 Å². The lowest BCUT2D eigenvalue weighted by molar-refractivity contribution is -0.384. The SMILES string of the molecule is Cc1ccc([N+](=O)[O-])c(NCc2ccc(Cl)cc2F)c1. The van der Waals surface area contributed by atoms with Gasteiger partial charge in [0.05, 0.1) is 4.92 Å². The van der Waals surface area contributed by atoms with Gasteiger partial charge in [0.15, 0.2) is 0 Å². The fourth-order valence-electron chi connectivity index (χ4n) is 1.81. The third-order valence-corrected chi connectivity index (χ3v) is 3.07. The first-order chi connectivity index (χ1) is 9.47. The molecule has 0 aliphatic heterocycles. The van der Waals surface area contributed by atoms with Crippen LogP contribution in [0.15, 0.2) is 36.4 Å². The monoisotopic (exact) mass is 294 g/mol. The van der Waals surface area contributed by atoms with Crippen LogP contribution >= 0.6 is 11.6 Å². The van der Waals surface area contributed by atoms with Crippen LogP contribution in [0.1, 0.15) is 11.1 Å². The molecule has 0 amide bonds. The van der Waals surface area contributed by atoms with Crippen molar-refractivity contribution in [1.29, 1.82) is 0 Å². The van der Waals surface area contributed by atoms with Crippen LogP contribution in [0, 0.1) is 22.9 Å². The van der Waals surface area contributed by atoms with Crippen molar-refractivity contribution in [1.82, 2.24) is 0 Å². The highest BCUT2D eigenvalue weighted by molar-refractivity contribution is 6.30. The Hall–Kier alpha value is -2.14. The molecule has 104 valence electrons. The maximum atomic E-state index is 13.6. The molecule has 0 atom stereocenters. The number of anilines is 1. The Balaban J connectivity index is 2.22. The molecule has 0 aromatic heterocycles. The minimum atomic E-state index is -0.472. The number of rotatable bonds is 4. The first-order valence-electron chi connectivity index (χ1n) is 5.90. The Labute approximate surface area is 120 Å². The van der Waals surface area contributed by atoms with Crippen LogP contribution < -0.4 is 5.32 Å². The Morgan fingerprint density at radius 1 is 1.30 bits per heavy atom. The summed E-state index contributed by atoms with van der Waals surface area (Å²) < 4.78 is 13.6. The van der Waals surface area contributed by atoms with Gasteiger partial charge in [-0.05, 0) is 30.7 Å². The molecule has 2 aromatic carbocycles. The second kappa shape index (κ2) is 5.88. The predicted molar refractivity (Wildman–Crippen MR) is 76.6 cm³/mol. The molecule has 2 aromatic rings. The zero-order chi connectivity index (χ0) is 14.7. The van der Waals surface area contributed by atoms with E-state index >= 15 is 0 Å². The van der Waals surface area contributed by atoms with Crippen LogP contribution in [-0.4, -0.2) is 4.92 Å². The van der Waals surface area contributed by atoms with Gasteiger partial charge in [-0.3, -0.25) is 10.1 Å². The smallest absolute Gasteiger partial charge is 0.292 e. The zero-order valence-corrected chi connectivity index (χ0v) is 11.4. The van der Waals surface area contributed by atoms with Gasteiger partial charge in [-0.15, -0.1) is 0 Å². The maximum Gasteiger partial charge on any atom is 0.292 e. The number of aryl methyl sites for hydroxylation is 1. The van der Waals surface area contributed by atoms with Crippen molar-refractivity contribution in [3.63, 3.8) is 0 Å². The number of benzene rings is 2. The number of nitrogens with one attached hydrogen (secondary N) is 1. The lowest BCUT2D eigenvalue weighted by atomic mass is 10.1. The molecule has 20 heavy (non-hydrogen) atoms. The first-order valence-corrected chi connectivity index (χ1v) is 6.28. The van der Waals surface area contributed by atoms with Crippen molar-refractivity contribution in [2.75, 3.05) is 5.32 Å². The van der Waals surface area contributed by atoms with Gasteiger partial charge in [-0.2, -0.15) is 0 Å². The van der Waals surface area contributed by atoms with E-state index in [4.69, 9.17) is 11.6 Å². The van der Waals surface area contributed by atoms with Gasteiger partial charge in [-0.25, -0.2) is 4.39 Å². The average Bonchev–Trinajstić information content (AvgIpc) is 2.37. The highest BCUT2D eigenvalue weighted by Gasteiger charge is 2.13. The molecule has 6 heteroatoms. The Bertz CT molecular complexity index is 662. The van der Waals surface area contributed by atoms with Crippen molar-refractivity contribution < 1.29 is 9.31 Å². The van der Waals surface area contributed by atoms with Crippen LogP contribution in [0.4, 0.5) is 15.8 Å². The minimum absolute atomic E-state index is 0.0371. The second-order valence-electron chi connectivity index (χ2n) is 4.37. The van der Waals surface area contributed by atoms with Crippen molar-refractivity contribution in [2.45, 2.75) is 13.5 Å². The summed E-state index contributed by atoms with van der Waals surface area (Å²) in [6, 6.07) is 9.08. The van der Waals surface area contributed by atoms with Crippen molar-refractivity contribution >= 4 is 23.0 Å². The molecule has 1 N–H and O–H groups in total. The van der Waals surface area contributed by atoms with Crippen molar-refractivity contribution in [3.05, 3.63) is 68.5 Å². The fraction of sp³-hybridized carbons (Fsp3) is 0.143. The van der Waals surface area contributed by atoms with E-state index in [1.54, 1.807) is 24.3 Å². The molecule has 0 saturated carbocycles. The summed E-state index contributed by atoms with van der Waals surface area (Å²) in [4.78, 5) is 10.5. The lowest BCUT2D eigenvalue weighted by Crippen LogP contribution is -2.04. The standard InChI is InChI=1S/C14H12ClFN2O2/c1-9-2-5-14(18(19)20)13(6-9)17-8-10-3-4-11(15)7-12(10)16/h2-7,17H,8H2,1H3. The molecular formula is C14H12ClFN2O2. The van der Waals surface area contributed by atoms with Crippen LogP contribution in [0.3, 0.4) is 0 Å². The average molecular weight is 295 g/mol. The van der Waals surface area contributed by atoms with E-state index in [9.17, 15) is 14.5 Å². The molecule has 0 fully saturated rings. The quantitative estimate of drug-likeness (QED) is 0.675. The maximum absolute atomic E-state index is 13.6. The Morgan fingerprint density at radius 3 is 2.70 bits per heavy atom. The van der Waals surface area contributed by atoms with Crippen LogP contribution in [0.2, 0.25) is 5.02 Å². The highest BCUT2D eigenvalue weighted by atomic mass is 35.5. The predicted octanol–water partition coefficient (Wildman–Crippen LogP) is 4.31. The number of nitro groups is 1. The van der Waals surface area contributed by atoms with E-state index < -0.39 is 10.7 Å². The van der Waals surface area contributed by atoms with Gasteiger partial charge in [-0.1, -0.05) is 23.7 Å². The third kappa shape index (κ3) is 3.24. The lowest BCUT2D eigenvalue weighted by Gasteiger charge is -2.09. The van der Waals surface area contributed by atoms with Gasteiger partial charge in [0.25, 0.3) is 5.69 Å². The van der Waals surface area contributed by atoms with Crippen LogP contribution in [0.5, 0.6) is 0 Å². The Kier molecular flexibility index (Phi) is 4.20. The molecule has 0 heterocycles. The zero-order valence-electron chi connectivity index (χ0n) is 10.7.